The van der Waals surface area contributed by atoms with Crippen molar-refractivity contribution in [3.05, 3.63) is 0 Å². The summed E-state index contributed by atoms with van der Waals surface area (Å²) in [6.07, 6.45) is -0.532. The van der Waals surface area contributed by atoms with E-state index in [2.05, 4.69) is 0 Å². The summed E-state index contributed by atoms with van der Waals surface area (Å²) in [7, 11) is 0. The van der Waals surface area contributed by atoms with Crippen LogP contribution in [0.5, 0.6) is 0 Å². The third kappa shape index (κ3) is 9.90. The van der Waals surface area contributed by atoms with Gasteiger partial charge in [0.25, 0.3) is 0 Å². The van der Waals surface area contributed by atoms with Crippen LogP contribution >= 0.6 is 0 Å². The number of carboxylic acid groups (broad SMARTS) is 2. The predicted molar refractivity (Wildman–Crippen MR) is 27.9 cm³/mol. The third-order valence-corrected chi connectivity index (χ3v) is 0.712. The quantitative estimate of drug-likeness (QED) is 0.550. The van der Waals surface area contributed by atoms with E-state index in [-0.39, 0.29) is 33.3 Å². The molecule has 71 valence electrons. The second-order valence-corrected chi connectivity index (χ2v) is 1.54. The fourth-order valence-electron chi connectivity index (χ4n) is 0.275. The van der Waals surface area contributed by atoms with Gasteiger partial charge >= 0.3 is 11.9 Å². The molecule has 0 aliphatic heterocycles. The van der Waals surface area contributed by atoms with Crippen molar-refractivity contribution in [1.29, 1.82) is 0 Å². The Bertz CT molecular complexity index is 142. The average molecular weight is 251 g/mol. The van der Waals surface area contributed by atoms with E-state index in [1.807, 2.05) is 0 Å². The largest absolute Gasteiger partial charge is 0.481 e. The van der Waals surface area contributed by atoms with E-state index in [9.17, 15) is 9.59 Å². The molecule has 0 heterocycles. The minimum atomic E-state index is -1.29. The molecule has 0 aromatic rings. The molecule has 0 aliphatic carbocycles. The van der Waals surface area contributed by atoms with Crippen molar-refractivity contribution in [2.45, 2.75) is 12.5 Å². The van der Waals surface area contributed by atoms with E-state index in [1.165, 1.54) is 0 Å². The molecule has 0 fully saturated rings. The molecule has 0 rings (SSSR count). The van der Waals surface area contributed by atoms with Crippen molar-refractivity contribution in [2.24, 2.45) is 5.73 Å². The monoisotopic (exact) mass is 250 g/mol. The summed E-state index contributed by atoms with van der Waals surface area (Å²) in [6, 6.07) is -1.29. The molecule has 1 atom stereocenters. The van der Waals surface area contributed by atoms with Crippen molar-refractivity contribution in [3.63, 3.8) is 0 Å². The third-order valence-electron chi connectivity index (χ3n) is 0.712. The first-order valence-corrected chi connectivity index (χ1v) is 2.24. The van der Waals surface area contributed by atoms with Gasteiger partial charge in [-0.05, 0) is 0 Å². The fraction of sp³-hybridized carbons (Fsp3) is 0.500. The number of hydrogen-bond donors (Lipinski definition) is 3. The number of nitrogens with two attached hydrogens (primary N) is 1. The van der Waals surface area contributed by atoms with Crippen molar-refractivity contribution in [3.8, 4) is 0 Å². The molecule has 4 N–H and O–H groups in total. The number of aliphatic carboxylic acids is 2. The zero-order valence-corrected chi connectivity index (χ0v) is 7.25. The van der Waals surface area contributed by atoms with Crippen LogP contribution in [-0.4, -0.2) is 28.2 Å². The van der Waals surface area contributed by atoms with Crippen molar-refractivity contribution in [1.82, 2.24) is 0 Å². The smallest absolute Gasteiger partial charge is 0.321 e. The van der Waals surface area contributed by atoms with Crippen LogP contribution in [0.25, 0.3) is 0 Å². The van der Waals surface area contributed by atoms with Crippen LogP contribution in [0.3, 0.4) is 0 Å². The van der Waals surface area contributed by atoms with Gasteiger partial charge in [-0.15, -0.1) is 0 Å². The van der Waals surface area contributed by atoms with E-state index in [1.54, 1.807) is 0 Å². The molecule has 0 aromatic heterocycles. The molecule has 7 heteroatoms. The Balaban J connectivity index is -0.000000320. The predicted octanol–water partition coefficient (Wildman–Crippen LogP) is -1.13. The summed E-state index contributed by atoms with van der Waals surface area (Å²) in [5.74, 6) is -2.50. The van der Waals surface area contributed by atoms with Gasteiger partial charge in [0.2, 0.25) is 0 Å². The van der Waals surface area contributed by atoms with Gasteiger partial charge < -0.3 is 15.9 Å². The van der Waals surface area contributed by atoms with Gasteiger partial charge in [-0.3, -0.25) is 9.59 Å². The molecule has 5 nitrogen and oxygen atoms in total. The molecular formula is C4H7CoNNiO4. The summed E-state index contributed by atoms with van der Waals surface area (Å²) < 4.78 is 0. The maximum atomic E-state index is 9.85. The zero-order chi connectivity index (χ0) is 7.44. The van der Waals surface area contributed by atoms with Gasteiger partial charge in [-0.1, -0.05) is 0 Å². The standard InChI is InChI=1S/C4H7NO4.Co.Ni/c5-2(4(8)9)1-3(6)7;;/h2H,1,5H2,(H,6,7)(H,8,9);;. The molecule has 1 radical (unpaired) electrons. The Morgan fingerprint density at radius 2 is 1.73 bits per heavy atom. The van der Waals surface area contributed by atoms with Gasteiger partial charge in [-0.2, -0.15) is 0 Å². The minimum Gasteiger partial charge on any atom is -0.481 e. The summed E-state index contributed by atoms with van der Waals surface area (Å²) in [5, 5.41) is 16.0. The Kier molecular flexibility index (Phi) is 12.5. The fourth-order valence-corrected chi connectivity index (χ4v) is 0.275. The van der Waals surface area contributed by atoms with Gasteiger partial charge in [0, 0.05) is 33.3 Å². The second kappa shape index (κ2) is 8.00. The first-order valence-electron chi connectivity index (χ1n) is 2.24. The van der Waals surface area contributed by atoms with Crippen molar-refractivity contribution < 1.29 is 53.1 Å². The topological polar surface area (TPSA) is 101 Å². The molecule has 0 aliphatic rings. The number of rotatable bonds is 3. The van der Waals surface area contributed by atoms with Crippen LogP contribution in [-0.2, 0) is 42.9 Å². The molecule has 0 saturated carbocycles. The van der Waals surface area contributed by atoms with E-state index in [4.69, 9.17) is 15.9 Å². The summed E-state index contributed by atoms with van der Waals surface area (Å²) >= 11 is 0. The Morgan fingerprint density at radius 3 is 1.82 bits per heavy atom. The molecule has 0 spiro atoms. The van der Waals surface area contributed by atoms with Gasteiger partial charge in [0.15, 0.2) is 0 Å². The molecule has 0 saturated heterocycles. The van der Waals surface area contributed by atoms with Crippen molar-refractivity contribution >= 4 is 11.9 Å². The molecule has 0 bridgehead atoms. The molecule has 0 amide bonds. The summed E-state index contributed by atoms with van der Waals surface area (Å²) in [4.78, 5) is 19.6. The summed E-state index contributed by atoms with van der Waals surface area (Å²) in [5.41, 5.74) is 4.84. The minimum absolute atomic E-state index is 0. The Hall–Kier alpha value is -0.100. The van der Waals surface area contributed by atoms with E-state index in [0.29, 0.717) is 0 Å². The Labute approximate surface area is 83.5 Å². The maximum Gasteiger partial charge on any atom is 0.321 e. The van der Waals surface area contributed by atoms with Crippen LogP contribution in [0.4, 0.5) is 0 Å². The SMILES string of the molecule is NC(CC(=O)O)C(=O)O.[Co].[Ni]. The summed E-state index contributed by atoms with van der Waals surface area (Å²) in [6.45, 7) is 0. The Morgan fingerprint density at radius 1 is 1.36 bits per heavy atom. The van der Waals surface area contributed by atoms with Crippen LogP contribution in [0.15, 0.2) is 0 Å². The van der Waals surface area contributed by atoms with Gasteiger partial charge in [0.05, 0.1) is 6.42 Å². The van der Waals surface area contributed by atoms with E-state index < -0.39 is 24.4 Å². The normalized spacial score (nSPS) is 10.3. The maximum absolute atomic E-state index is 9.85. The zero-order valence-electron chi connectivity index (χ0n) is 5.22. The second-order valence-electron chi connectivity index (χ2n) is 1.54. The van der Waals surface area contributed by atoms with E-state index in [0.717, 1.165) is 0 Å². The first kappa shape index (κ1) is 17.1. The molecular weight excluding hydrogens is 244 g/mol. The van der Waals surface area contributed by atoms with Gasteiger partial charge in [-0.25, -0.2) is 0 Å². The average Bonchev–Trinajstić information content (AvgIpc) is 1.63. The van der Waals surface area contributed by atoms with Crippen LogP contribution in [0.1, 0.15) is 6.42 Å². The number of hydrogen-bond acceptors (Lipinski definition) is 3. The van der Waals surface area contributed by atoms with Gasteiger partial charge in [0.1, 0.15) is 6.04 Å². The number of carbonyl (C=O) groups is 2. The first-order chi connectivity index (χ1) is 4.04. The molecule has 11 heavy (non-hydrogen) atoms. The van der Waals surface area contributed by atoms with Crippen molar-refractivity contribution in [2.75, 3.05) is 0 Å². The van der Waals surface area contributed by atoms with E-state index >= 15 is 0 Å². The van der Waals surface area contributed by atoms with Crippen LogP contribution in [0, 0.1) is 0 Å². The van der Waals surface area contributed by atoms with Crippen LogP contribution in [0.2, 0.25) is 0 Å². The molecule has 1 unspecified atom stereocenters. The number of carboxylic acids is 2. The van der Waals surface area contributed by atoms with Crippen LogP contribution < -0.4 is 5.73 Å². The molecule has 0 aromatic carbocycles.